The average molecular weight is 728 g/mol. The van der Waals surface area contributed by atoms with Gasteiger partial charge in [-0.2, -0.15) is 0 Å². The summed E-state index contributed by atoms with van der Waals surface area (Å²) in [4.78, 5) is 2.31. The zero-order valence-electron chi connectivity index (χ0n) is 30.7. The van der Waals surface area contributed by atoms with E-state index in [9.17, 15) is 10.2 Å². The van der Waals surface area contributed by atoms with Gasteiger partial charge >= 0.3 is 0 Å². The van der Waals surface area contributed by atoms with E-state index in [1.165, 1.54) is 5.56 Å². The summed E-state index contributed by atoms with van der Waals surface area (Å²) < 4.78 is 62.1. The zero-order valence-corrected chi connectivity index (χ0v) is 30.7. The lowest BCUT2D eigenvalue weighted by Crippen LogP contribution is -2.76. The molecule has 2 heterocycles. The fourth-order valence-corrected chi connectivity index (χ4v) is 8.11. The van der Waals surface area contributed by atoms with E-state index in [1.54, 1.807) is 7.11 Å². The minimum absolute atomic E-state index is 0.0430. The molecule has 2 aliphatic carbocycles. The van der Waals surface area contributed by atoms with Gasteiger partial charge in [-0.25, -0.2) is 0 Å². The molecule has 1 saturated carbocycles. The lowest BCUT2D eigenvalue weighted by atomic mass is 9.48. The van der Waals surface area contributed by atoms with Crippen molar-refractivity contribution in [3.63, 3.8) is 0 Å². The Morgan fingerprint density at radius 2 is 1.20 bits per heavy atom. The van der Waals surface area contributed by atoms with Gasteiger partial charge in [-0.05, 0) is 44.8 Å². The van der Waals surface area contributed by atoms with Gasteiger partial charge in [-0.3, -0.25) is 0 Å². The van der Waals surface area contributed by atoms with Gasteiger partial charge in [0.15, 0.2) is 0 Å². The Labute approximate surface area is 302 Å². The minimum Gasteiger partial charge on any atom is -0.486 e. The van der Waals surface area contributed by atoms with Crippen LogP contribution in [0.25, 0.3) is 0 Å². The Kier molecular flexibility index (Phi) is 17.1. The van der Waals surface area contributed by atoms with Crippen molar-refractivity contribution >= 4 is 0 Å². The van der Waals surface area contributed by atoms with Crippen LogP contribution in [-0.4, -0.2) is 179 Å². The number of hydrogen-bond donors (Lipinski definition) is 2. The highest BCUT2D eigenvalue weighted by molar-refractivity contribution is 5.60. The predicted molar refractivity (Wildman–Crippen MR) is 186 cm³/mol. The van der Waals surface area contributed by atoms with Crippen LogP contribution in [0.5, 0.6) is 5.75 Å². The lowest BCUT2D eigenvalue weighted by molar-refractivity contribution is -0.213. The third kappa shape index (κ3) is 10.2. The highest BCUT2D eigenvalue weighted by Gasteiger charge is 2.72. The zero-order chi connectivity index (χ0) is 35.8. The Morgan fingerprint density at radius 3 is 1.69 bits per heavy atom. The van der Waals surface area contributed by atoms with E-state index in [-0.39, 0.29) is 24.9 Å². The maximum Gasteiger partial charge on any atom is 0.137 e. The van der Waals surface area contributed by atoms with E-state index in [4.69, 9.17) is 52.1 Å². The summed E-state index contributed by atoms with van der Waals surface area (Å²) in [7, 11) is 3.76. The number of methoxy groups -OCH3 is 1. The fourth-order valence-electron chi connectivity index (χ4n) is 8.11. The first-order valence-electron chi connectivity index (χ1n) is 18.6. The molecule has 1 aromatic rings. The van der Waals surface area contributed by atoms with Crippen molar-refractivity contribution in [1.82, 2.24) is 4.90 Å². The van der Waals surface area contributed by atoms with Crippen molar-refractivity contribution in [1.29, 1.82) is 0 Å². The van der Waals surface area contributed by atoms with Crippen LogP contribution < -0.4 is 4.74 Å². The van der Waals surface area contributed by atoms with Crippen LogP contribution in [0.1, 0.15) is 36.0 Å². The van der Waals surface area contributed by atoms with Crippen LogP contribution in [0.2, 0.25) is 0 Å². The van der Waals surface area contributed by atoms with Crippen LogP contribution in [0, 0.1) is 0 Å². The molecule has 0 radical (unpaired) electrons. The van der Waals surface area contributed by atoms with Crippen molar-refractivity contribution in [2.75, 3.05) is 140 Å². The summed E-state index contributed by atoms with van der Waals surface area (Å²) in [5, 5.41) is 22.4. The number of likely N-dealkylation sites (tertiary alicyclic amines) is 1. The van der Waals surface area contributed by atoms with Gasteiger partial charge in [0.25, 0.3) is 0 Å². The first-order valence-corrected chi connectivity index (χ1v) is 18.6. The Bertz CT molecular complexity index is 1150. The molecule has 1 saturated heterocycles. The quantitative estimate of drug-likeness (QED) is 0.114. The second-order valence-corrected chi connectivity index (χ2v) is 13.5. The molecule has 0 aromatic heterocycles. The van der Waals surface area contributed by atoms with E-state index >= 15 is 0 Å². The molecule has 2 bridgehead atoms. The molecule has 1 unspecified atom stereocenters. The second-order valence-electron chi connectivity index (χ2n) is 13.5. The summed E-state index contributed by atoms with van der Waals surface area (Å²) in [5.74, 6) is 0.764. The molecule has 0 amide bonds. The monoisotopic (exact) mass is 727 g/mol. The normalized spacial score (nSPS) is 26.4. The highest BCUT2D eigenvalue weighted by atomic mass is 16.6. The van der Waals surface area contributed by atoms with E-state index in [0.717, 1.165) is 36.3 Å². The largest absolute Gasteiger partial charge is 0.486 e. The van der Waals surface area contributed by atoms with Crippen LogP contribution >= 0.6 is 0 Å². The molecular weight excluding hydrogens is 666 g/mol. The fraction of sp³-hybridized carbons (Fsp3) is 0.838. The maximum atomic E-state index is 12.3. The van der Waals surface area contributed by atoms with E-state index < -0.39 is 11.0 Å². The topological polar surface area (TPSA) is 145 Å². The standard InChI is InChI=1S/C37H61NO13/c1-38-8-7-36-33-29-3-4-30(28-39)34(33)51-35(36)31(5-6-37(36,40)32(38)27-29)50-26-25-49-24-23-48-22-21-47-20-19-46-18-17-45-16-15-44-14-13-43-12-11-42-10-9-41-2/h3-4,31-32,35,39-40H,5-28H2,1-2H3/t31-,32?,35-,36-,37+/m0/s1. The molecule has 5 atom stereocenters. The lowest BCUT2D eigenvalue weighted by Gasteiger charge is -2.63. The number of ether oxygens (including phenoxy) is 11. The van der Waals surface area contributed by atoms with Crippen LogP contribution in [0.4, 0.5) is 0 Å². The van der Waals surface area contributed by atoms with Crippen molar-refractivity contribution in [2.24, 2.45) is 0 Å². The smallest absolute Gasteiger partial charge is 0.137 e. The number of benzene rings is 1. The number of aliphatic hydroxyl groups excluding tert-OH is 1. The van der Waals surface area contributed by atoms with E-state index in [1.807, 2.05) is 6.07 Å². The summed E-state index contributed by atoms with van der Waals surface area (Å²) in [6.07, 6.45) is 2.52. The Morgan fingerprint density at radius 1 is 0.706 bits per heavy atom. The third-order valence-corrected chi connectivity index (χ3v) is 10.5. The number of rotatable bonds is 29. The van der Waals surface area contributed by atoms with Gasteiger partial charge in [-0.15, -0.1) is 0 Å². The van der Waals surface area contributed by atoms with Crippen LogP contribution in [0.3, 0.4) is 0 Å². The van der Waals surface area contributed by atoms with E-state index in [0.29, 0.717) is 132 Å². The van der Waals surface area contributed by atoms with Gasteiger partial charge in [0.05, 0.1) is 143 Å². The summed E-state index contributed by atoms with van der Waals surface area (Å²) in [5.41, 5.74) is 1.72. The summed E-state index contributed by atoms with van der Waals surface area (Å²) in [6, 6.07) is 4.13. The first kappa shape index (κ1) is 40.7. The SMILES string of the molecule is COCCOCCOCCOCCOCCOCCOCCOCCOCCO[C@H]1CC[C@@]2(O)C3Cc4ccc(CO)c5c4[C@@]2(CCN3C)[C@H]1O5. The molecule has 1 spiro atoms. The number of piperidine rings is 1. The molecule has 292 valence electrons. The average Bonchev–Trinajstić information content (AvgIpc) is 3.49. The Hall–Kier alpha value is -1.50. The van der Waals surface area contributed by atoms with Gasteiger partial charge in [0.2, 0.25) is 0 Å². The molecule has 4 aliphatic rings. The van der Waals surface area contributed by atoms with Gasteiger partial charge in [-0.1, -0.05) is 12.1 Å². The number of hydrogen-bond acceptors (Lipinski definition) is 14. The molecule has 5 rings (SSSR count). The second kappa shape index (κ2) is 21.4. The molecule has 2 fully saturated rings. The molecule has 14 heteroatoms. The van der Waals surface area contributed by atoms with Crippen LogP contribution in [-0.2, 0) is 65.8 Å². The maximum absolute atomic E-state index is 12.3. The van der Waals surface area contributed by atoms with Crippen LogP contribution in [0.15, 0.2) is 12.1 Å². The van der Waals surface area contributed by atoms with E-state index in [2.05, 4.69) is 18.0 Å². The molecule has 14 nitrogen and oxygen atoms in total. The highest BCUT2D eigenvalue weighted by Crippen LogP contribution is 2.64. The summed E-state index contributed by atoms with van der Waals surface area (Å²) >= 11 is 0. The predicted octanol–water partition coefficient (Wildman–Crippen LogP) is 1.13. The molecular formula is C37H61NO13. The number of likely N-dealkylation sites (N-methyl/N-ethyl adjacent to an activating group) is 1. The molecule has 1 aromatic carbocycles. The molecule has 51 heavy (non-hydrogen) atoms. The summed E-state index contributed by atoms with van der Waals surface area (Å²) in [6.45, 7) is 9.93. The molecule has 2 aliphatic heterocycles. The Balaban J connectivity index is 0.828. The van der Waals surface area contributed by atoms with Gasteiger partial charge in [0, 0.05) is 24.3 Å². The van der Waals surface area contributed by atoms with Gasteiger partial charge in [0.1, 0.15) is 11.9 Å². The third-order valence-electron chi connectivity index (χ3n) is 10.5. The van der Waals surface area contributed by atoms with Crippen molar-refractivity contribution < 1.29 is 62.3 Å². The first-order chi connectivity index (χ1) is 25.1. The van der Waals surface area contributed by atoms with Gasteiger partial charge < -0.3 is 67.2 Å². The van der Waals surface area contributed by atoms with Crippen molar-refractivity contribution in [2.45, 2.75) is 61.6 Å². The van der Waals surface area contributed by atoms with Crippen molar-refractivity contribution in [3.8, 4) is 5.75 Å². The number of nitrogens with zero attached hydrogens (tertiary/aromatic N) is 1. The minimum atomic E-state index is -0.884. The molecule has 2 N–H and O–H groups in total. The van der Waals surface area contributed by atoms with Crippen molar-refractivity contribution in [3.05, 3.63) is 28.8 Å². The number of aliphatic hydroxyl groups is 2.